The predicted octanol–water partition coefficient (Wildman–Crippen LogP) is 1.73. The summed E-state index contributed by atoms with van der Waals surface area (Å²) in [4.78, 5) is 0. The van der Waals surface area contributed by atoms with Crippen LogP contribution in [0.1, 0.15) is 45.4 Å². The van der Waals surface area contributed by atoms with Gasteiger partial charge in [0.25, 0.3) is 0 Å². The third-order valence-corrected chi connectivity index (χ3v) is 6.16. The Morgan fingerprint density at radius 2 is 1.63 bits per heavy atom. The van der Waals surface area contributed by atoms with Crippen molar-refractivity contribution in [2.24, 2.45) is 17.8 Å². The van der Waals surface area contributed by atoms with E-state index in [4.69, 9.17) is 0 Å². The number of rotatable bonds is 5. The first-order chi connectivity index (χ1) is 9.05. The molecule has 0 spiro atoms. The van der Waals surface area contributed by atoms with Crippen LogP contribution in [0.3, 0.4) is 0 Å². The summed E-state index contributed by atoms with van der Waals surface area (Å²) in [6, 6.07) is 0. The molecular weight excluding hydrogens is 260 g/mol. The molecule has 2 fully saturated rings. The average Bonchev–Trinajstić information content (AvgIpc) is 2.39. The molecule has 0 unspecified atom stereocenters. The second-order valence-electron chi connectivity index (χ2n) is 6.45. The van der Waals surface area contributed by atoms with Crippen molar-refractivity contribution >= 4 is 10.0 Å². The average molecular weight is 288 g/mol. The topological polar surface area (TPSA) is 58.2 Å². The van der Waals surface area contributed by atoms with E-state index in [1.54, 1.807) is 0 Å². The summed E-state index contributed by atoms with van der Waals surface area (Å²) in [5, 5.41) is 3.27. The fourth-order valence-electron chi connectivity index (χ4n) is 3.20. The van der Waals surface area contributed by atoms with E-state index in [2.05, 4.69) is 17.0 Å². The minimum Gasteiger partial charge on any atom is -0.317 e. The van der Waals surface area contributed by atoms with Crippen molar-refractivity contribution in [1.82, 2.24) is 10.0 Å². The van der Waals surface area contributed by atoms with Crippen LogP contribution in [0, 0.1) is 17.8 Å². The van der Waals surface area contributed by atoms with Gasteiger partial charge in [0.2, 0.25) is 10.0 Å². The molecule has 1 saturated heterocycles. The number of nitrogens with one attached hydrogen (secondary N) is 2. The summed E-state index contributed by atoms with van der Waals surface area (Å²) in [6.07, 6.45) is 6.83. The Morgan fingerprint density at radius 3 is 2.26 bits per heavy atom. The second kappa shape index (κ2) is 7.04. The molecular formula is C14H28N2O2S. The zero-order chi connectivity index (χ0) is 13.7. The van der Waals surface area contributed by atoms with Gasteiger partial charge in [-0.3, -0.25) is 0 Å². The molecule has 5 heteroatoms. The van der Waals surface area contributed by atoms with Gasteiger partial charge in [-0.25, -0.2) is 13.1 Å². The van der Waals surface area contributed by atoms with Crippen molar-refractivity contribution in [2.45, 2.75) is 45.4 Å². The van der Waals surface area contributed by atoms with Crippen LogP contribution in [0.15, 0.2) is 0 Å². The maximum absolute atomic E-state index is 12.1. The Labute approximate surface area is 117 Å². The molecule has 2 rings (SSSR count). The van der Waals surface area contributed by atoms with Crippen molar-refractivity contribution in [1.29, 1.82) is 0 Å². The third kappa shape index (κ3) is 5.40. The molecule has 2 N–H and O–H groups in total. The molecule has 1 heterocycles. The van der Waals surface area contributed by atoms with Crippen LogP contribution in [-0.4, -0.2) is 33.8 Å². The van der Waals surface area contributed by atoms with Crippen molar-refractivity contribution in [2.75, 3.05) is 25.4 Å². The summed E-state index contributed by atoms with van der Waals surface area (Å²) in [5.74, 6) is 2.03. The van der Waals surface area contributed by atoms with Gasteiger partial charge in [-0.05, 0) is 56.5 Å². The van der Waals surface area contributed by atoms with Crippen LogP contribution < -0.4 is 10.0 Å². The first-order valence-corrected chi connectivity index (χ1v) is 9.38. The lowest BCUT2D eigenvalue weighted by molar-refractivity contribution is 0.290. The SMILES string of the molecule is CC1CCC(CNS(=O)(=O)CC2CCNCC2)CC1. The molecule has 2 aliphatic rings. The van der Waals surface area contributed by atoms with Crippen LogP contribution >= 0.6 is 0 Å². The number of piperidine rings is 1. The third-order valence-electron chi connectivity index (χ3n) is 4.64. The monoisotopic (exact) mass is 288 g/mol. The van der Waals surface area contributed by atoms with E-state index in [1.807, 2.05) is 0 Å². The summed E-state index contributed by atoms with van der Waals surface area (Å²) < 4.78 is 27.0. The Morgan fingerprint density at radius 1 is 1.00 bits per heavy atom. The van der Waals surface area contributed by atoms with Gasteiger partial charge in [0, 0.05) is 6.54 Å². The van der Waals surface area contributed by atoms with E-state index in [-0.39, 0.29) is 0 Å². The van der Waals surface area contributed by atoms with Gasteiger partial charge in [-0.1, -0.05) is 19.8 Å². The van der Waals surface area contributed by atoms with E-state index in [1.165, 1.54) is 25.7 Å². The molecule has 112 valence electrons. The van der Waals surface area contributed by atoms with E-state index in [9.17, 15) is 8.42 Å². The Balaban J connectivity index is 1.71. The molecule has 1 saturated carbocycles. The Hall–Kier alpha value is -0.130. The zero-order valence-electron chi connectivity index (χ0n) is 12.0. The Kier molecular flexibility index (Phi) is 5.66. The first kappa shape index (κ1) is 15.3. The van der Waals surface area contributed by atoms with Crippen molar-refractivity contribution in [3.05, 3.63) is 0 Å². The fraction of sp³-hybridized carbons (Fsp3) is 1.00. The molecule has 0 amide bonds. The molecule has 1 aliphatic carbocycles. The number of hydrogen-bond donors (Lipinski definition) is 2. The van der Waals surface area contributed by atoms with E-state index < -0.39 is 10.0 Å². The summed E-state index contributed by atoms with van der Waals surface area (Å²) in [6.45, 7) is 4.86. The normalized spacial score (nSPS) is 30.4. The quantitative estimate of drug-likeness (QED) is 0.810. The summed E-state index contributed by atoms with van der Waals surface area (Å²) >= 11 is 0. The maximum atomic E-state index is 12.1. The molecule has 0 aromatic carbocycles. The van der Waals surface area contributed by atoms with E-state index in [0.717, 1.165) is 31.8 Å². The predicted molar refractivity (Wildman–Crippen MR) is 78.5 cm³/mol. The lowest BCUT2D eigenvalue weighted by atomic mass is 9.83. The smallest absolute Gasteiger partial charge is 0.211 e. The van der Waals surface area contributed by atoms with Crippen molar-refractivity contribution in [3.63, 3.8) is 0 Å². The highest BCUT2D eigenvalue weighted by Gasteiger charge is 2.23. The molecule has 19 heavy (non-hydrogen) atoms. The molecule has 0 atom stereocenters. The van der Waals surface area contributed by atoms with Gasteiger partial charge in [0.15, 0.2) is 0 Å². The van der Waals surface area contributed by atoms with Gasteiger partial charge in [-0.15, -0.1) is 0 Å². The first-order valence-electron chi connectivity index (χ1n) is 7.73. The fourth-order valence-corrected chi connectivity index (χ4v) is 4.76. The lowest BCUT2D eigenvalue weighted by Gasteiger charge is -2.27. The molecule has 0 bridgehead atoms. The highest BCUT2D eigenvalue weighted by Crippen LogP contribution is 2.27. The van der Waals surface area contributed by atoms with Crippen LogP contribution in [0.5, 0.6) is 0 Å². The van der Waals surface area contributed by atoms with Crippen LogP contribution in [0.4, 0.5) is 0 Å². The van der Waals surface area contributed by atoms with Crippen molar-refractivity contribution < 1.29 is 8.42 Å². The second-order valence-corrected chi connectivity index (χ2v) is 8.30. The van der Waals surface area contributed by atoms with Gasteiger partial charge in [0.1, 0.15) is 0 Å². The van der Waals surface area contributed by atoms with Crippen LogP contribution in [-0.2, 0) is 10.0 Å². The minimum atomic E-state index is -3.07. The minimum absolute atomic E-state index is 0.317. The van der Waals surface area contributed by atoms with Crippen molar-refractivity contribution in [3.8, 4) is 0 Å². The van der Waals surface area contributed by atoms with Gasteiger partial charge in [-0.2, -0.15) is 0 Å². The standard InChI is InChI=1S/C14H28N2O2S/c1-12-2-4-13(5-3-12)10-16-19(17,18)11-14-6-8-15-9-7-14/h12-16H,2-11H2,1H3. The molecule has 0 radical (unpaired) electrons. The van der Waals surface area contributed by atoms with Gasteiger partial charge < -0.3 is 5.32 Å². The van der Waals surface area contributed by atoms with Gasteiger partial charge in [0.05, 0.1) is 5.75 Å². The molecule has 0 aromatic heterocycles. The highest BCUT2D eigenvalue weighted by molar-refractivity contribution is 7.89. The van der Waals surface area contributed by atoms with Crippen LogP contribution in [0.25, 0.3) is 0 Å². The zero-order valence-corrected chi connectivity index (χ0v) is 12.8. The lowest BCUT2D eigenvalue weighted by Crippen LogP contribution is -2.37. The summed E-state index contributed by atoms with van der Waals surface area (Å²) in [5.41, 5.74) is 0. The molecule has 0 aromatic rings. The van der Waals surface area contributed by atoms with E-state index >= 15 is 0 Å². The highest BCUT2D eigenvalue weighted by atomic mass is 32.2. The Bertz CT molecular complexity index is 356. The van der Waals surface area contributed by atoms with E-state index in [0.29, 0.717) is 24.1 Å². The molecule has 4 nitrogen and oxygen atoms in total. The maximum Gasteiger partial charge on any atom is 0.211 e. The summed E-state index contributed by atoms with van der Waals surface area (Å²) in [7, 11) is -3.07. The van der Waals surface area contributed by atoms with Crippen LogP contribution in [0.2, 0.25) is 0 Å². The molecule has 1 aliphatic heterocycles. The van der Waals surface area contributed by atoms with Gasteiger partial charge >= 0.3 is 0 Å². The number of hydrogen-bond acceptors (Lipinski definition) is 3. The largest absolute Gasteiger partial charge is 0.317 e. The number of sulfonamides is 1.